The van der Waals surface area contributed by atoms with Crippen molar-refractivity contribution in [3.05, 3.63) is 29.8 Å². The number of halogens is 1. The van der Waals surface area contributed by atoms with E-state index in [0.29, 0.717) is 6.61 Å². The van der Waals surface area contributed by atoms with E-state index in [4.69, 9.17) is 21.1 Å². The molecule has 0 radical (unpaired) electrons. The zero-order chi connectivity index (χ0) is 13.1. The molecule has 0 bridgehead atoms. The minimum Gasteiger partial charge on any atom is -0.490 e. The highest BCUT2D eigenvalue weighted by atomic mass is 35.5. The van der Waals surface area contributed by atoms with Gasteiger partial charge in [-0.3, -0.25) is 4.79 Å². The van der Waals surface area contributed by atoms with E-state index in [0.717, 1.165) is 11.3 Å². The van der Waals surface area contributed by atoms with Gasteiger partial charge in [-0.15, -0.1) is 11.6 Å². The van der Waals surface area contributed by atoms with Crippen molar-refractivity contribution < 1.29 is 14.3 Å². The fraction of sp³-hybridized carbons (Fsp3) is 0.462. The number of alkyl halides is 1. The van der Waals surface area contributed by atoms with Crippen molar-refractivity contribution in [3.63, 3.8) is 0 Å². The molecule has 18 heavy (non-hydrogen) atoms. The Kier molecular flexibility index (Phi) is 4.09. The van der Waals surface area contributed by atoms with Crippen LogP contribution in [0.2, 0.25) is 0 Å². The first kappa shape index (κ1) is 13.2. The number of ether oxygens (including phenoxy) is 2. The van der Waals surface area contributed by atoms with E-state index in [1.165, 1.54) is 0 Å². The van der Waals surface area contributed by atoms with E-state index in [2.05, 4.69) is 5.32 Å². The second-order valence-electron chi connectivity index (χ2n) is 4.23. The molecule has 3 unspecified atom stereocenters. The number of hydrogen-bond donors (Lipinski definition) is 1. The fourth-order valence-corrected chi connectivity index (χ4v) is 2.04. The third kappa shape index (κ3) is 2.60. The Morgan fingerprint density at radius 2 is 2.28 bits per heavy atom. The Bertz CT molecular complexity index is 436. The summed E-state index contributed by atoms with van der Waals surface area (Å²) in [5, 5.41) is 2.33. The fourth-order valence-electron chi connectivity index (χ4n) is 1.98. The third-order valence-corrected chi connectivity index (χ3v) is 3.19. The van der Waals surface area contributed by atoms with Crippen LogP contribution in [0.4, 0.5) is 0 Å². The summed E-state index contributed by atoms with van der Waals surface area (Å²) in [6.07, 6.45) is -0.209. The summed E-state index contributed by atoms with van der Waals surface area (Å²) in [5.41, 5.74) is 0.918. The van der Waals surface area contributed by atoms with Gasteiger partial charge in [0, 0.05) is 12.7 Å². The molecule has 0 saturated heterocycles. The van der Waals surface area contributed by atoms with Gasteiger partial charge in [-0.05, 0) is 13.0 Å². The van der Waals surface area contributed by atoms with Crippen molar-refractivity contribution in [2.75, 3.05) is 13.7 Å². The first-order valence-electron chi connectivity index (χ1n) is 5.82. The highest BCUT2D eigenvalue weighted by Crippen LogP contribution is 2.33. The smallest absolute Gasteiger partial charge is 0.238 e. The number of nitrogens with one attached hydrogen (secondary N) is 1. The average molecular weight is 270 g/mol. The van der Waals surface area contributed by atoms with Gasteiger partial charge in [0.25, 0.3) is 0 Å². The molecule has 4 nitrogen and oxygen atoms in total. The van der Waals surface area contributed by atoms with Gasteiger partial charge in [0.05, 0.1) is 6.04 Å². The number of carbonyl (C=O) groups is 1. The van der Waals surface area contributed by atoms with Crippen LogP contribution < -0.4 is 10.1 Å². The van der Waals surface area contributed by atoms with E-state index in [-0.39, 0.29) is 18.1 Å². The van der Waals surface area contributed by atoms with Gasteiger partial charge in [0.15, 0.2) is 0 Å². The van der Waals surface area contributed by atoms with E-state index in [1.54, 1.807) is 14.0 Å². The maximum Gasteiger partial charge on any atom is 0.238 e. The molecule has 0 aromatic heterocycles. The SMILES string of the molecule is COC1COc2ccccc2C1NC(=O)C(C)Cl. The topological polar surface area (TPSA) is 47.6 Å². The van der Waals surface area contributed by atoms with Gasteiger partial charge in [-0.1, -0.05) is 18.2 Å². The second kappa shape index (κ2) is 5.59. The number of fused-ring (bicyclic) bond motifs is 1. The van der Waals surface area contributed by atoms with Gasteiger partial charge in [0.2, 0.25) is 5.91 Å². The number of methoxy groups -OCH3 is 1. The van der Waals surface area contributed by atoms with Crippen LogP contribution in [0.15, 0.2) is 24.3 Å². The van der Waals surface area contributed by atoms with Crippen LogP contribution in [0.1, 0.15) is 18.5 Å². The van der Waals surface area contributed by atoms with Crippen LogP contribution in [-0.4, -0.2) is 31.1 Å². The highest BCUT2D eigenvalue weighted by molar-refractivity contribution is 6.30. The first-order valence-corrected chi connectivity index (χ1v) is 6.26. The third-order valence-electron chi connectivity index (χ3n) is 2.99. The molecule has 98 valence electrons. The number of hydrogen-bond acceptors (Lipinski definition) is 3. The molecule has 1 N–H and O–H groups in total. The van der Waals surface area contributed by atoms with Crippen molar-refractivity contribution >= 4 is 17.5 Å². The molecule has 1 heterocycles. The minimum atomic E-state index is -0.572. The molecular formula is C13H16ClNO3. The van der Waals surface area contributed by atoms with Crippen LogP contribution in [-0.2, 0) is 9.53 Å². The maximum atomic E-state index is 11.7. The van der Waals surface area contributed by atoms with Gasteiger partial charge < -0.3 is 14.8 Å². The molecule has 1 aromatic rings. The molecule has 0 saturated carbocycles. The Morgan fingerprint density at radius 1 is 1.56 bits per heavy atom. The molecule has 0 spiro atoms. The summed E-state index contributed by atoms with van der Waals surface area (Å²) in [6.45, 7) is 2.05. The molecular weight excluding hydrogens is 254 g/mol. The zero-order valence-electron chi connectivity index (χ0n) is 10.4. The van der Waals surface area contributed by atoms with E-state index in [1.807, 2.05) is 24.3 Å². The van der Waals surface area contributed by atoms with Crippen LogP contribution in [0.5, 0.6) is 5.75 Å². The summed E-state index contributed by atoms with van der Waals surface area (Å²) in [6, 6.07) is 7.38. The summed E-state index contributed by atoms with van der Waals surface area (Å²) < 4.78 is 10.9. The highest BCUT2D eigenvalue weighted by Gasteiger charge is 2.32. The summed E-state index contributed by atoms with van der Waals surface area (Å²) in [7, 11) is 1.60. The standard InChI is InChI=1S/C13H16ClNO3/c1-8(14)13(16)15-12-9-5-3-4-6-10(9)18-7-11(12)17-2/h3-6,8,11-12H,7H2,1-2H3,(H,15,16). The van der Waals surface area contributed by atoms with Gasteiger partial charge >= 0.3 is 0 Å². The van der Waals surface area contributed by atoms with Crippen molar-refractivity contribution in [2.45, 2.75) is 24.4 Å². The van der Waals surface area contributed by atoms with E-state index < -0.39 is 5.38 Å². The number of rotatable bonds is 3. The molecule has 1 amide bonds. The largest absolute Gasteiger partial charge is 0.490 e. The lowest BCUT2D eigenvalue weighted by Crippen LogP contribution is -2.44. The molecule has 2 rings (SSSR count). The van der Waals surface area contributed by atoms with Crippen LogP contribution in [0.25, 0.3) is 0 Å². The monoisotopic (exact) mass is 269 g/mol. The number of para-hydroxylation sites is 1. The Labute approximate surface area is 111 Å². The number of benzene rings is 1. The molecule has 1 aromatic carbocycles. The quantitative estimate of drug-likeness (QED) is 0.853. The van der Waals surface area contributed by atoms with E-state index in [9.17, 15) is 4.79 Å². The van der Waals surface area contributed by atoms with Gasteiger partial charge in [-0.2, -0.15) is 0 Å². The summed E-state index contributed by atoms with van der Waals surface area (Å²) in [4.78, 5) is 11.7. The average Bonchev–Trinajstić information content (AvgIpc) is 2.39. The predicted octanol–water partition coefficient (Wildman–Crippen LogP) is 1.88. The summed E-state index contributed by atoms with van der Waals surface area (Å²) in [5.74, 6) is 0.568. The lowest BCUT2D eigenvalue weighted by atomic mass is 9.98. The van der Waals surface area contributed by atoms with Crippen molar-refractivity contribution in [3.8, 4) is 5.75 Å². The van der Waals surface area contributed by atoms with Crippen molar-refractivity contribution in [1.29, 1.82) is 0 Å². The van der Waals surface area contributed by atoms with Crippen molar-refractivity contribution in [1.82, 2.24) is 5.32 Å². The maximum absolute atomic E-state index is 11.7. The Morgan fingerprint density at radius 3 is 2.94 bits per heavy atom. The lowest BCUT2D eigenvalue weighted by molar-refractivity contribution is -0.122. The van der Waals surface area contributed by atoms with Crippen LogP contribution in [0, 0.1) is 0 Å². The zero-order valence-corrected chi connectivity index (χ0v) is 11.1. The normalized spacial score (nSPS) is 23.7. The van der Waals surface area contributed by atoms with Crippen LogP contribution in [0.3, 0.4) is 0 Å². The molecule has 0 aliphatic carbocycles. The van der Waals surface area contributed by atoms with Gasteiger partial charge in [-0.25, -0.2) is 0 Å². The number of carbonyl (C=O) groups excluding carboxylic acids is 1. The Balaban J connectivity index is 2.26. The van der Waals surface area contributed by atoms with Gasteiger partial charge in [0.1, 0.15) is 23.8 Å². The first-order chi connectivity index (χ1) is 8.63. The van der Waals surface area contributed by atoms with E-state index >= 15 is 0 Å². The second-order valence-corrected chi connectivity index (χ2v) is 4.88. The predicted molar refractivity (Wildman–Crippen MR) is 68.9 cm³/mol. The lowest BCUT2D eigenvalue weighted by Gasteiger charge is -2.33. The minimum absolute atomic E-state index is 0.208. The van der Waals surface area contributed by atoms with Crippen molar-refractivity contribution in [2.24, 2.45) is 0 Å². The molecule has 0 fully saturated rings. The van der Waals surface area contributed by atoms with Crippen LogP contribution >= 0.6 is 11.6 Å². The Hall–Kier alpha value is -1.26. The molecule has 1 aliphatic rings. The molecule has 3 atom stereocenters. The summed E-state index contributed by atoms with van der Waals surface area (Å²) >= 11 is 5.78. The molecule has 1 aliphatic heterocycles. The number of amides is 1. The molecule has 5 heteroatoms.